The quantitative estimate of drug-likeness (QED) is 0.416. The highest BCUT2D eigenvalue weighted by atomic mass is 16.5. The summed E-state index contributed by atoms with van der Waals surface area (Å²) in [5, 5.41) is 17.4. The molecule has 0 aromatic carbocycles. The largest absolute Gasteiger partial charge is 0.469 e. The SMILES string of the molecule is COC(=O)[C@]1(C)C[C@@H]1B(O)O. The first-order chi connectivity index (χ1) is 5.02. The molecule has 2 N–H and O–H groups in total. The van der Waals surface area contributed by atoms with Gasteiger partial charge in [0.05, 0.1) is 12.5 Å². The van der Waals surface area contributed by atoms with Crippen LogP contribution in [0.25, 0.3) is 0 Å². The van der Waals surface area contributed by atoms with E-state index < -0.39 is 12.5 Å². The molecule has 4 nitrogen and oxygen atoms in total. The lowest BCUT2D eigenvalue weighted by Gasteiger charge is -2.06. The van der Waals surface area contributed by atoms with Gasteiger partial charge in [-0.15, -0.1) is 0 Å². The third kappa shape index (κ3) is 1.26. The Balaban J connectivity index is 2.55. The van der Waals surface area contributed by atoms with Gasteiger partial charge in [0.1, 0.15) is 0 Å². The Hall–Kier alpha value is -0.545. The number of hydrogen-bond acceptors (Lipinski definition) is 4. The van der Waals surface area contributed by atoms with Crippen LogP contribution in [0.5, 0.6) is 0 Å². The van der Waals surface area contributed by atoms with E-state index >= 15 is 0 Å². The van der Waals surface area contributed by atoms with Gasteiger partial charge in [-0.05, 0) is 13.3 Å². The predicted octanol–water partition coefficient (Wildman–Crippen LogP) is -0.588. The van der Waals surface area contributed by atoms with Crippen molar-refractivity contribution in [3.63, 3.8) is 0 Å². The molecule has 11 heavy (non-hydrogen) atoms. The molecule has 1 rings (SSSR count). The summed E-state index contributed by atoms with van der Waals surface area (Å²) in [4.78, 5) is 11.0. The maximum absolute atomic E-state index is 11.0. The zero-order valence-corrected chi connectivity index (χ0v) is 6.57. The van der Waals surface area contributed by atoms with Gasteiger partial charge in [0.2, 0.25) is 0 Å². The highest BCUT2D eigenvalue weighted by molar-refractivity contribution is 6.45. The Morgan fingerprint density at radius 3 is 2.55 bits per heavy atom. The van der Waals surface area contributed by atoms with Crippen LogP contribution >= 0.6 is 0 Å². The number of methoxy groups -OCH3 is 1. The van der Waals surface area contributed by atoms with Crippen molar-refractivity contribution >= 4 is 13.1 Å². The van der Waals surface area contributed by atoms with Crippen molar-refractivity contribution in [3.05, 3.63) is 0 Å². The second kappa shape index (κ2) is 2.50. The minimum atomic E-state index is -1.40. The Bertz CT molecular complexity index is 181. The van der Waals surface area contributed by atoms with Crippen LogP contribution in [0, 0.1) is 5.41 Å². The lowest BCUT2D eigenvalue weighted by atomic mass is 9.78. The maximum Gasteiger partial charge on any atom is 0.455 e. The summed E-state index contributed by atoms with van der Waals surface area (Å²) in [7, 11) is -0.105. The first-order valence-electron chi connectivity index (χ1n) is 3.47. The number of ether oxygens (including phenoxy) is 1. The van der Waals surface area contributed by atoms with Crippen LogP contribution in [0.4, 0.5) is 0 Å². The molecule has 0 radical (unpaired) electrons. The number of rotatable bonds is 2. The van der Waals surface area contributed by atoms with Crippen LogP contribution in [0.2, 0.25) is 5.82 Å². The van der Waals surface area contributed by atoms with Crippen LogP contribution in [-0.2, 0) is 9.53 Å². The van der Waals surface area contributed by atoms with Crippen LogP contribution in [-0.4, -0.2) is 30.2 Å². The molecular weight excluding hydrogens is 147 g/mol. The molecule has 1 aliphatic carbocycles. The molecule has 0 heterocycles. The van der Waals surface area contributed by atoms with E-state index in [4.69, 9.17) is 10.0 Å². The average Bonchev–Trinajstić information content (AvgIpc) is 2.62. The second-order valence-corrected chi connectivity index (χ2v) is 3.13. The molecule has 0 aliphatic heterocycles. The summed E-state index contributed by atoms with van der Waals surface area (Å²) in [5.41, 5.74) is -0.664. The van der Waals surface area contributed by atoms with Crippen molar-refractivity contribution in [3.8, 4) is 0 Å². The van der Waals surface area contributed by atoms with Crippen LogP contribution in [0.3, 0.4) is 0 Å². The van der Waals surface area contributed by atoms with Crippen LogP contribution in [0.1, 0.15) is 13.3 Å². The zero-order chi connectivity index (χ0) is 8.65. The smallest absolute Gasteiger partial charge is 0.455 e. The van der Waals surface area contributed by atoms with E-state index in [0.29, 0.717) is 6.42 Å². The predicted molar refractivity (Wildman–Crippen MR) is 38.7 cm³/mol. The average molecular weight is 158 g/mol. The Morgan fingerprint density at radius 1 is 1.73 bits per heavy atom. The Kier molecular flexibility index (Phi) is 1.94. The fourth-order valence-corrected chi connectivity index (χ4v) is 1.30. The molecule has 0 spiro atoms. The fraction of sp³-hybridized carbons (Fsp3) is 0.833. The lowest BCUT2D eigenvalue weighted by molar-refractivity contribution is -0.146. The van der Waals surface area contributed by atoms with E-state index in [1.54, 1.807) is 6.92 Å². The van der Waals surface area contributed by atoms with Gasteiger partial charge in [0.15, 0.2) is 0 Å². The van der Waals surface area contributed by atoms with Crippen molar-refractivity contribution < 1.29 is 19.6 Å². The third-order valence-electron chi connectivity index (χ3n) is 2.31. The topological polar surface area (TPSA) is 66.8 Å². The van der Waals surface area contributed by atoms with Gasteiger partial charge in [-0.2, -0.15) is 0 Å². The number of esters is 1. The molecule has 1 fully saturated rings. The molecule has 0 unspecified atom stereocenters. The van der Waals surface area contributed by atoms with Crippen molar-refractivity contribution in [1.29, 1.82) is 0 Å². The Morgan fingerprint density at radius 2 is 2.27 bits per heavy atom. The molecule has 0 bridgehead atoms. The molecule has 0 amide bonds. The maximum atomic E-state index is 11.0. The van der Waals surface area contributed by atoms with Gasteiger partial charge in [-0.1, -0.05) is 0 Å². The number of carbonyl (C=O) groups excluding carboxylic acids is 1. The molecule has 0 aromatic rings. The van der Waals surface area contributed by atoms with Crippen LogP contribution < -0.4 is 0 Å². The normalized spacial score (nSPS) is 34.7. The molecule has 2 atom stereocenters. The summed E-state index contributed by atoms with van der Waals surface area (Å²) < 4.78 is 4.50. The molecule has 0 saturated heterocycles. The summed E-state index contributed by atoms with van der Waals surface area (Å²) in [6.45, 7) is 1.67. The van der Waals surface area contributed by atoms with E-state index in [2.05, 4.69) is 4.74 Å². The van der Waals surface area contributed by atoms with Crippen molar-refractivity contribution in [2.75, 3.05) is 7.11 Å². The lowest BCUT2D eigenvalue weighted by Crippen LogP contribution is -2.21. The van der Waals surface area contributed by atoms with Crippen molar-refractivity contribution in [1.82, 2.24) is 0 Å². The van der Waals surface area contributed by atoms with Crippen LogP contribution in [0.15, 0.2) is 0 Å². The minimum absolute atomic E-state index is 0.352. The second-order valence-electron chi connectivity index (χ2n) is 3.13. The van der Waals surface area contributed by atoms with Gasteiger partial charge in [-0.3, -0.25) is 4.79 Å². The van der Waals surface area contributed by atoms with Gasteiger partial charge >= 0.3 is 13.1 Å². The van der Waals surface area contributed by atoms with E-state index in [9.17, 15) is 4.79 Å². The molecule has 1 saturated carbocycles. The van der Waals surface area contributed by atoms with E-state index in [1.165, 1.54) is 7.11 Å². The standard InChI is InChI=1S/C6H11BO4/c1-6(5(8)11-2)3-4(6)7(9)10/h4,9-10H,3H2,1-2H3/t4-,6+/m0/s1. The molecule has 0 aromatic heterocycles. The molecule has 5 heteroatoms. The van der Waals surface area contributed by atoms with Crippen molar-refractivity contribution in [2.24, 2.45) is 5.41 Å². The molecule has 62 valence electrons. The summed E-state index contributed by atoms with van der Waals surface area (Å²) in [6.07, 6.45) is 0.497. The number of hydrogen-bond donors (Lipinski definition) is 2. The molecule has 1 aliphatic rings. The van der Waals surface area contributed by atoms with E-state index in [0.717, 1.165) is 0 Å². The van der Waals surface area contributed by atoms with E-state index in [-0.39, 0.29) is 11.8 Å². The summed E-state index contributed by atoms with van der Waals surface area (Å²) >= 11 is 0. The first-order valence-corrected chi connectivity index (χ1v) is 3.47. The monoisotopic (exact) mass is 158 g/mol. The van der Waals surface area contributed by atoms with Gasteiger partial charge in [0.25, 0.3) is 0 Å². The number of carbonyl (C=O) groups is 1. The van der Waals surface area contributed by atoms with E-state index in [1.807, 2.05) is 0 Å². The Labute approximate surface area is 65.3 Å². The molecular formula is C6H11BO4. The third-order valence-corrected chi connectivity index (χ3v) is 2.31. The first kappa shape index (κ1) is 8.55. The van der Waals surface area contributed by atoms with Gasteiger partial charge < -0.3 is 14.8 Å². The van der Waals surface area contributed by atoms with Gasteiger partial charge in [0, 0.05) is 5.82 Å². The van der Waals surface area contributed by atoms with Gasteiger partial charge in [-0.25, -0.2) is 0 Å². The zero-order valence-electron chi connectivity index (χ0n) is 6.57. The minimum Gasteiger partial charge on any atom is -0.469 e. The van der Waals surface area contributed by atoms with Crippen molar-refractivity contribution in [2.45, 2.75) is 19.2 Å². The summed E-state index contributed by atoms with van der Waals surface area (Å²) in [5.74, 6) is -0.717. The fourth-order valence-electron chi connectivity index (χ4n) is 1.30. The highest BCUT2D eigenvalue weighted by Gasteiger charge is 2.62. The highest BCUT2D eigenvalue weighted by Crippen LogP contribution is 2.58. The summed E-state index contributed by atoms with van der Waals surface area (Å²) in [6, 6.07) is 0.